The summed E-state index contributed by atoms with van der Waals surface area (Å²) in [5, 5.41) is 0. The van der Waals surface area contributed by atoms with Gasteiger partial charge in [-0.05, 0) is 0 Å². The molecule has 0 N–H and O–H groups in total. The van der Waals surface area contributed by atoms with E-state index in [1.54, 1.807) is 14.9 Å². The molecule has 0 saturated heterocycles. The fourth-order valence-corrected chi connectivity index (χ4v) is 4.50. The zero-order valence-corrected chi connectivity index (χ0v) is 8.12. The second kappa shape index (κ2) is 8.51. The third-order valence-corrected chi connectivity index (χ3v) is 9.00. The Hall–Kier alpha value is 1.51. The molecule has 0 heterocycles. The molecule has 0 aromatic heterocycles. The predicted octanol–water partition coefficient (Wildman–Crippen LogP) is 1.36. The van der Waals surface area contributed by atoms with Crippen molar-refractivity contribution in [1.82, 2.24) is 0 Å². The quantitative estimate of drug-likeness (QED) is 0.682. The van der Waals surface area contributed by atoms with Crippen LogP contribution in [0.1, 0.15) is 20.8 Å². The molecule has 2 heteroatoms. The van der Waals surface area contributed by atoms with Crippen LogP contribution in [0.3, 0.4) is 0 Å². The molecular weight excluding hydrogens is 257 g/mol. The van der Waals surface area contributed by atoms with E-state index in [4.69, 9.17) is 0 Å². The van der Waals surface area contributed by atoms with Gasteiger partial charge in [-0.1, -0.05) is 0 Å². The Labute approximate surface area is 77.2 Å². The zero-order chi connectivity index (χ0) is 5.70. The molecule has 8 heavy (non-hydrogen) atoms. The van der Waals surface area contributed by atoms with Gasteiger partial charge in [-0.2, -0.15) is 0 Å². The van der Waals surface area contributed by atoms with E-state index in [1.165, 1.54) is 0 Å². The minimum absolute atomic E-state index is 0. The Morgan fingerprint density at radius 3 is 1.12 bits per heavy atom. The first-order valence-corrected chi connectivity index (χ1v) is 8.49. The van der Waals surface area contributed by atoms with Crippen LogP contribution < -0.4 is 0 Å². The van der Waals surface area contributed by atoms with Crippen LogP contribution in [0, 0.1) is 0 Å². The molecule has 0 rings (SSSR count). The Morgan fingerprint density at radius 2 is 1.12 bits per heavy atom. The monoisotopic (exact) mass is 274 g/mol. The van der Waals surface area contributed by atoms with Crippen molar-refractivity contribution in [1.29, 1.82) is 0 Å². The molecular formula is C6H18GaIn. The maximum atomic E-state index is 2.34. The van der Waals surface area contributed by atoms with Crippen LogP contribution >= 0.6 is 0 Å². The molecule has 0 atom stereocenters. The van der Waals surface area contributed by atoms with Gasteiger partial charge < -0.3 is 0 Å². The van der Waals surface area contributed by atoms with Crippen molar-refractivity contribution in [2.45, 2.75) is 35.7 Å². The van der Waals surface area contributed by atoms with E-state index in [-0.39, 0.29) is 25.8 Å². The third kappa shape index (κ3) is 5.64. The van der Waals surface area contributed by atoms with Gasteiger partial charge in [-0.25, -0.2) is 0 Å². The molecule has 0 fully saturated rings. The van der Waals surface area contributed by atoms with E-state index in [2.05, 4.69) is 20.8 Å². The molecule has 0 spiro atoms. The summed E-state index contributed by atoms with van der Waals surface area (Å²) in [6, 6.07) is 0. The van der Waals surface area contributed by atoms with E-state index in [1.807, 2.05) is 0 Å². The summed E-state index contributed by atoms with van der Waals surface area (Å²) in [5.41, 5.74) is 0. The Morgan fingerprint density at radius 1 is 0.875 bits per heavy atom. The predicted molar refractivity (Wildman–Crippen MR) is 47.1 cm³/mol. The molecule has 0 radical (unpaired) electrons. The van der Waals surface area contributed by atoms with Gasteiger partial charge in [-0.15, -0.1) is 0 Å². The van der Waals surface area contributed by atoms with Crippen LogP contribution in [-0.2, 0) is 0 Å². The van der Waals surface area contributed by atoms with E-state index in [0.29, 0.717) is 0 Å². The van der Waals surface area contributed by atoms with Gasteiger partial charge in [0.2, 0.25) is 0 Å². The second-order valence-corrected chi connectivity index (χ2v) is 10.9. The Balaban J connectivity index is 0. The summed E-state index contributed by atoms with van der Waals surface area (Å²) in [5.74, 6) is 0. The summed E-state index contributed by atoms with van der Waals surface area (Å²) >= 11 is -0.576. The molecule has 0 saturated carbocycles. The zero-order valence-electron chi connectivity index (χ0n) is 5.70. The van der Waals surface area contributed by atoms with Gasteiger partial charge in [0.1, 0.15) is 0 Å². The number of hydrogen-bond acceptors (Lipinski definition) is 0. The fraction of sp³-hybridized carbons (Fsp3) is 1.00. The van der Waals surface area contributed by atoms with Gasteiger partial charge in [-0.3, -0.25) is 0 Å². The molecule has 0 aliphatic heterocycles. The maximum absolute atomic E-state index is 2.34. The third-order valence-electron chi connectivity index (χ3n) is 1.73. The summed E-state index contributed by atoms with van der Waals surface area (Å²) in [6.07, 6.45) is 0. The summed E-state index contributed by atoms with van der Waals surface area (Å²) < 4.78 is 0. The average molecular weight is 275 g/mol. The van der Waals surface area contributed by atoms with Crippen LogP contribution in [0.2, 0.25) is 14.9 Å². The van der Waals surface area contributed by atoms with E-state index in [0.717, 1.165) is 0 Å². The van der Waals surface area contributed by atoms with Gasteiger partial charge in [0.25, 0.3) is 0 Å². The van der Waals surface area contributed by atoms with Crippen molar-refractivity contribution in [2.24, 2.45) is 0 Å². The minimum atomic E-state index is -0.576. The van der Waals surface area contributed by atoms with Crippen LogP contribution in [0.5, 0.6) is 0 Å². The number of hydrogen-bond donors (Lipinski definition) is 0. The van der Waals surface area contributed by atoms with Gasteiger partial charge in [0.05, 0.1) is 0 Å². The van der Waals surface area contributed by atoms with Crippen LogP contribution in [0.25, 0.3) is 0 Å². The molecule has 0 nitrogen and oxygen atoms in total. The van der Waals surface area contributed by atoms with Gasteiger partial charge >= 0.3 is 77.8 Å². The van der Waals surface area contributed by atoms with Gasteiger partial charge in [0, 0.05) is 0 Å². The average Bonchev–Trinajstić information content (AvgIpc) is 1.72. The first-order valence-electron chi connectivity index (χ1n) is 3.35. The van der Waals surface area contributed by atoms with Gasteiger partial charge in [0.15, 0.2) is 0 Å². The molecule has 0 unspecified atom stereocenters. The summed E-state index contributed by atoms with van der Waals surface area (Å²) in [7, 11) is 0. The van der Waals surface area contributed by atoms with Crippen LogP contribution in [0.15, 0.2) is 0 Å². The molecule has 0 aromatic carbocycles. The normalized spacial score (nSPS) is 7.88. The first-order chi connectivity index (χ1) is 3.35. The molecule has 0 aliphatic carbocycles. The van der Waals surface area contributed by atoms with Crippen LogP contribution in [0.4, 0.5) is 0 Å². The second-order valence-electron chi connectivity index (χ2n) is 2.09. The molecule has 0 aromatic rings. The Bertz CT molecular complexity index is 30.0. The summed E-state index contributed by atoms with van der Waals surface area (Å²) in [4.78, 5) is 4.62. The van der Waals surface area contributed by atoms with E-state index in [9.17, 15) is 0 Å². The van der Waals surface area contributed by atoms with Crippen molar-refractivity contribution in [3.05, 3.63) is 0 Å². The molecule has 48 valence electrons. The van der Waals surface area contributed by atoms with E-state index < -0.39 is 16.2 Å². The van der Waals surface area contributed by atoms with Crippen molar-refractivity contribution >= 4 is 42.1 Å². The standard InChI is InChI=1S/3C2H5.Ga.In.3H/c3*1-2;;;;;/h3*1H2,2H3;;;;;. The van der Waals surface area contributed by atoms with Crippen molar-refractivity contribution in [3.8, 4) is 0 Å². The number of rotatable bonds is 3. The molecule has 0 amide bonds. The molecule has 0 bridgehead atoms. The Kier molecular flexibility index (Phi) is 13.0. The van der Waals surface area contributed by atoms with Crippen LogP contribution in [-0.4, -0.2) is 42.1 Å². The first kappa shape index (κ1) is 12.2. The fourth-order valence-electron chi connectivity index (χ4n) is 0.866. The van der Waals surface area contributed by atoms with Crippen molar-refractivity contribution in [2.75, 3.05) is 0 Å². The van der Waals surface area contributed by atoms with E-state index >= 15 is 0 Å². The molecule has 0 aliphatic rings. The summed E-state index contributed by atoms with van der Waals surface area (Å²) in [6.45, 7) is 7.03. The van der Waals surface area contributed by atoms with Crippen molar-refractivity contribution in [3.63, 3.8) is 0 Å². The SMILES string of the molecule is C[CH2][Ga]([CH2]C)[CH2]C.[InH3]. The van der Waals surface area contributed by atoms with Crippen molar-refractivity contribution < 1.29 is 0 Å². The topological polar surface area (TPSA) is 0 Å².